The van der Waals surface area contributed by atoms with Crippen LogP contribution in [0.1, 0.15) is 24.9 Å². The molecule has 56 valence electrons. The number of halogens is 1. The highest BCUT2D eigenvalue weighted by atomic mass is 79.9. The van der Waals surface area contributed by atoms with Crippen LogP contribution in [0.4, 0.5) is 0 Å². The summed E-state index contributed by atoms with van der Waals surface area (Å²) in [6, 6.07) is 0.195. The standard InChI is InChI=1S/C7H10BrNS/c1-2-7(9)5-3-10-4-6(5)8/h3-4,7H,2,9H2,1H3. The predicted molar refractivity (Wildman–Crippen MR) is 49.2 cm³/mol. The van der Waals surface area contributed by atoms with Crippen molar-refractivity contribution in [1.29, 1.82) is 0 Å². The Morgan fingerprint density at radius 3 is 2.80 bits per heavy atom. The summed E-state index contributed by atoms with van der Waals surface area (Å²) in [6.07, 6.45) is 0.995. The first-order valence-corrected chi connectivity index (χ1v) is 4.96. The van der Waals surface area contributed by atoms with Gasteiger partial charge in [-0.25, -0.2) is 0 Å². The molecule has 0 saturated carbocycles. The van der Waals surface area contributed by atoms with Crippen molar-refractivity contribution in [2.45, 2.75) is 19.4 Å². The molecule has 10 heavy (non-hydrogen) atoms. The van der Waals surface area contributed by atoms with Gasteiger partial charge in [0.2, 0.25) is 0 Å². The minimum absolute atomic E-state index is 0.195. The van der Waals surface area contributed by atoms with Crippen molar-refractivity contribution in [1.82, 2.24) is 0 Å². The Balaban J connectivity index is 2.82. The topological polar surface area (TPSA) is 26.0 Å². The maximum atomic E-state index is 5.82. The first-order valence-electron chi connectivity index (χ1n) is 3.23. The number of thiophene rings is 1. The second-order valence-corrected chi connectivity index (χ2v) is 3.79. The molecule has 0 aliphatic carbocycles. The van der Waals surface area contributed by atoms with Crippen LogP contribution in [0, 0.1) is 0 Å². The van der Waals surface area contributed by atoms with Gasteiger partial charge in [0.1, 0.15) is 0 Å². The van der Waals surface area contributed by atoms with E-state index in [0.29, 0.717) is 0 Å². The molecule has 0 aliphatic heterocycles. The molecule has 1 nitrogen and oxygen atoms in total. The molecule has 0 aliphatic rings. The molecule has 1 aromatic rings. The van der Waals surface area contributed by atoms with E-state index in [4.69, 9.17) is 5.73 Å². The molecule has 2 N–H and O–H groups in total. The maximum absolute atomic E-state index is 5.82. The summed E-state index contributed by atoms with van der Waals surface area (Å²) in [7, 11) is 0. The van der Waals surface area contributed by atoms with E-state index in [9.17, 15) is 0 Å². The SMILES string of the molecule is CCC(N)c1cscc1Br. The molecule has 1 rings (SSSR count). The molecule has 0 aromatic carbocycles. The zero-order chi connectivity index (χ0) is 7.56. The Hall–Kier alpha value is 0.140. The van der Waals surface area contributed by atoms with E-state index in [2.05, 4.69) is 33.6 Å². The predicted octanol–water partition coefficient (Wildman–Crippen LogP) is 2.92. The fourth-order valence-corrected chi connectivity index (χ4v) is 2.43. The third kappa shape index (κ3) is 1.59. The van der Waals surface area contributed by atoms with Gasteiger partial charge in [-0.05, 0) is 33.3 Å². The van der Waals surface area contributed by atoms with E-state index in [-0.39, 0.29) is 6.04 Å². The van der Waals surface area contributed by atoms with Crippen molar-refractivity contribution in [3.05, 3.63) is 20.8 Å². The van der Waals surface area contributed by atoms with Crippen molar-refractivity contribution >= 4 is 27.3 Å². The number of hydrogen-bond acceptors (Lipinski definition) is 2. The van der Waals surface area contributed by atoms with Crippen molar-refractivity contribution in [2.75, 3.05) is 0 Å². The summed E-state index contributed by atoms with van der Waals surface area (Å²) in [5.41, 5.74) is 7.05. The normalized spacial score (nSPS) is 13.5. The molecule has 1 atom stereocenters. The molecule has 1 unspecified atom stereocenters. The van der Waals surface area contributed by atoms with Crippen molar-refractivity contribution in [3.63, 3.8) is 0 Å². The molecular formula is C7H10BrNS. The smallest absolute Gasteiger partial charge is 0.0330 e. The molecule has 1 aromatic heterocycles. The molecule has 0 saturated heterocycles. The molecule has 0 fully saturated rings. The van der Waals surface area contributed by atoms with Gasteiger partial charge in [0.15, 0.2) is 0 Å². The molecular weight excluding hydrogens is 210 g/mol. The van der Waals surface area contributed by atoms with E-state index in [1.807, 2.05) is 0 Å². The van der Waals surface area contributed by atoms with Gasteiger partial charge >= 0.3 is 0 Å². The Kier molecular flexibility index (Phi) is 2.89. The van der Waals surface area contributed by atoms with Crippen LogP contribution >= 0.6 is 27.3 Å². The molecule has 0 spiro atoms. The van der Waals surface area contributed by atoms with Crippen LogP contribution in [0.5, 0.6) is 0 Å². The molecule has 1 heterocycles. The maximum Gasteiger partial charge on any atom is 0.0330 e. The highest BCUT2D eigenvalue weighted by Gasteiger charge is 2.07. The van der Waals surface area contributed by atoms with Gasteiger partial charge in [0.05, 0.1) is 0 Å². The Morgan fingerprint density at radius 1 is 1.70 bits per heavy atom. The number of nitrogens with two attached hydrogens (primary N) is 1. The Bertz CT molecular complexity index is 209. The van der Waals surface area contributed by atoms with Gasteiger partial charge in [0.25, 0.3) is 0 Å². The fourth-order valence-electron chi connectivity index (χ4n) is 0.776. The summed E-state index contributed by atoms with van der Waals surface area (Å²) in [5, 5.41) is 4.16. The van der Waals surface area contributed by atoms with Gasteiger partial charge in [-0.2, -0.15) is 11.3 Å². The van der Waals surface area contributed by atoms with Crippen LogP contribution < -0.4 is 5.73 Å². The first kappa shape index (κ1) is 8.24. The van der Waals surface area contributed by atoms with Gasteiger partial charge in [-0.3, -0.25) is 0 Å². The highest BCUT2D eigenvalue weighted by molar-refractivity contribution is 9.10. The van der Waals surface area contributed by atoms with E-state index in [1.54, 1.807) is 11.3 Å². The zero-order valence-electron chi connectivity index (χ0n) is 5.80. The van der Waals surface area contributed by atoms with Crippen LogP contribution in [-0.2, 0) is 0 Å². The van der Waals surface area contributed by atoms with E-state index < -0.39 is 0 Å². The van der Waals surface area contributed by atoms with E-state index >= 15 is 0 Å². The number of rotatable bonds is 2. The quantitative estimate of drug-likeness (QED) is 0.814. The monoisotopic (exact) mass is 219 g/mol. The van der Waals surface area contributed by atoms with Gasteiger partial charge in [-0.15, -0.1) is 0 Å². The molecule has 0 radical (unpaired) electrons. The first-order chi connectivity index (χ1) is 4.75. The van der Waals surface area contributed by atoms with Gasteiger partial charge < -0.3 is 5.73 Å². The summed E-state index contributed by atoms with van der Waals surface area (Å²) in [4.78, 5) is 0. The summed E-state index contributed by atoms with van der Waals surface area (Å²) < 4.78 is 1.15. The molecule has 3 heteroatoms. The van der Waals surface area contributed by atoms with Gasteiger partial charge in [-0.1, -0.05) is 6.92 Å². The average molecular weight is 220 g/mol. The number of hydrogen-bond donors (Lipinski definition) is 1. The van der Waals surface area contributed by atoms with Crippen LogP contribution in [-0.4, -0.2) is 0 Å². The summed E-state index contributed by atoms with van der Waals surface area (Å²) >= 11 is 5.12. The van der Waals surface area contributed by atoms with Gasteiger partial charge in [0, 0.05) is 15.9 Å². The van der Waals surface area contributed by atoms with Crippen molar-refractivity contribution < 1.29 is 0 Å². The van der Waals surface area contributed by atoms with E-state index in [0.717, 1.165) is 10.9 Å². The summed E-state index contributed by atoms with van der Waals surface area (Å²) in [5.74, 6) is 0. The third-order valence-corrected chi connectivity index (χ3v) is 3.23. The van der Waals surface area contributed by atoms with Crippen LogP contribution in [0.25, 0.3) is 0 Å². The lowest BCUT2D eigenvalue weighted by Crippen LogP contribution is -2.07. The highest BCUT2D eigenvalue weighted by Crippen LogP contribution is 2.27. The second-order valence-electron chi connectivity index (χ2n) is 2.19. The minimum atomic E-state index is 0.195. The molecule has 0 amide bonds. The summed E-state index contributed by atoms with van der Waals surface area (Å²) in [6.45, 7) is 2.09. The minimum Gasteiger partial charge on any atom is -0.324 e. The van der Waals surface area contributed by atoms with Crippen molar-refractivity contribution in [2.24, 2.45) is 5.73 Å². The Labute approximate surface area is 73.4 Å². The fraction of sp³-hybridized carbons (Fsp3) is 0.429. The Morgan fingerprint density at radius 2 is 2.40 bits per heavy atom. The molecule has 0 bridgehead atoms. The van der Waals surface area contributed by atoms with Crippen LogP contribution in [0.2, 0.25) is 0 Å². The largest absolute Gasteiger partial charge is 0.324 e. The lowest BCUT2D eigenvalue weighted by atomic mass is 10.1. The lowest BCUT2D eigenvalue weighted by molar-refractivity contribution is 0.698. The zero-order valence-corrected chi connectivity index (χ0v) is 8.21. The van der Waals surface area contributed by atoms with E-state index in [1.165, 1.54) is 5.56 Å². The third-order valence-electron chi connectivity index (χ3n) is 1.48. The average Bonchev–Trinajstić information content (AvgIpc) is 2.34. The van der Waals surface area contributed by atoms with Crippen LogP contribution in [0.15, 0.2) is 15.2 Å². The lowest BCUT2D eigenvalue weighted by Gasteiger charge is -2.05. The van der Waals surface area contributed by atoms with Crippen LogP contribution in [0.3, 0.4) is 0 Å². The second kappa shape index (κ2) is 3.51. The van der Waals surface area contributed by atoms with Crippen molar-refractivity contribution in [3.8, 4) is 0 Å².